The molecule has 0 amide bonds. The minimum absolute atomic E-state index is 0.793. The van der Waals surface area contributed by atoms with Gasteiger partial charge in [0, 0.05) is 5.02 Å². The van der Waals surface area contributed by atoms with Crippen LogP contribution in [0, 0.1) is 0 Å². The lowest BCUT2D eigenvalue weighted by Gasteiger charge is -2.26. The molecule has 1 fully saturated rings. The van der Waals surface area contributed by atoms with Gasteiger partial charge in [-0.3, -0.25) is 0 Å². The van der Waals surface area contributed by atoms with Gasteiger partial charge in [0.2, 0.25) is 0 Å². The first-order chi connectivity index (χ1) is 13.3. The first-order valence-corrected chi connectivity index (χ1v) is 11.2. The van der Waals surface area contributed by atoms with E-state index in [1.165, 1.54) is 69.3 Å². The van der Waals surface area contributed by atoms with Crippen molar-refractivity contribution >= 4 is 11.6 Å². The van der Waals surface area contributed by atoms with Crippen LogP contribution in [0.5, 0.6) is 0 Å². The number of hydrogen-bond acceptors (Lipinski definition) is 1. The number of nitrogens with zero attached hydrogens (tertiary/aromatic N) is 1. The maximum atomic E-state index is 5.81. The molecule has 0 radical (unpaired) electrons. The van der Waals surface area contributed by atoms with Crippen LogP contribution < -0.4 is 0 Å². The van der Waals surface area contributed by atoms with Gasteiger partial charge in [0.25, 0.3) is 0 Å². The van der Waals surface area contributed by atoms with Crippen molar-refractivity contribution in [3.05, 3.63) is 70.7 Å². The normalized spacial score (nSPS) is 13.8. The second-order valence-electron chi connectivity index (χ2n) is 6.90. The lowest BCUT2D eigenvalue weighted by atomic mass is 10.1. The standard InChI is InChI=1S/C13H11Cl.C10H21N.C2H6/c14-13-8-6-12(7-9-13)10-11-4-2-1-3-5-11;1-2-3-5-8-11-9-6-4-7-10-11;1-2/h1-9H,10H2;2-10H2,1H3;1-2H3. The van der Waals surface area contributed by atoms with E-state index >= 15 is 0 Å². The van der Waals surface area contributed by atoms with Gasteiger partial charge in [-0.25, -0.2) is 0 Å². The summed E-state index contributed by atoms with van der Waals surface area (Å²) in [7, 11) is 0. The molecule has 2 heteroatoms. The van der Waals surface area contributed by atoms with E-state index < -0.39 is 0 Å². The molecule has 1 aliphatic heterocycles. The first-order valence-electron chi connectivity index (χ1n) is 10.8. The van der Waals surface area contributed by atoms with Crippen molar-refractivity contribution in [3.8, 4) is 0 Å². The molecule has 0 bridgehead atoms. The zero-order valence-electron chi connectivity index (χ0n) is 17.6. The number of likely N-dealkylation sites (tertiary alicyclic amines) is 1. The predicted octanol–water partition coefficient (Wildman–Crippen LogP) is 7.62. The third-order valence-electron chi connectivity index (χ3n) is 4.69. The smallest absolute Gasteiger partial charge is 0.0406 e. The van der Waals surface area contributed by atoms with Gasteiger partial charge < -0.3 is 4.90 Å². The molecule has 0 spiro atoms. The van der Waals surface area contributed by atoms with Crippen molar-refractivity contribution in [3.63, 3.8) is 0 Å². The van der Waals surface area contributed by atoms with Gasteiger partial charge in [-0.05, 0) is 68.6 Å². The van der Waals surface area contributed by atoms with E-state index in [1.807, 2.05) is 32.0 Å². The van der Waals surface area contributed by atoms with E-state index in [0.717, 1.165) is 11.4 Å². The van der Waals surface area contributed by atoms with E-state index in [1.54, 1.807) is 0 Å². The van der Waals surface area contributed by atoms with Crippen LogP contribution in [-0.2, 0) is 6.42 Å². The molecule has 0 aromatic heterocycles. The fraction of sp³-hybridized carbons (Fsp3) is 0.520. The highest BCUT2D eigenvalue weighted by atomic mass is 35.5. The lowest BCUT2D eigenvalue weighted by Crippen LogP contribution is -2.30. The van der Waals surface area contributed by atoms with Gasteiger partial charge in [0.1, 0.15) is 0 Å². The Balaban J connectivity index is 0.000000254. The van der Waals surface area contributed by atoms with Crippen LogP contribution in [0.1, 0.15) is 70.4 Å². The third-order valence-corrected chi connectivity index (χ3v) is 4.94. The average Bonchev–Trinajstić information content (AvgIpc) is 2.74. The van der Waals surface area contributed by atoms with Crippen molar-refractivity contribution in [1.82, 2.24) is 4.90 Å². The Morgan fingerprint density at radius 2 is 1.37 bits per heavy atom. The summed E-state index contributed by atoms with van der Waals surface area (Å²) in [6.07, 6.45) is 9.49. The molecule has 1 heterocycles. The van der Waals surface area contributed by atoms with Crippen molar-refractivity contribution in [2.45, 2.75) is 65.7 Å². The van der Waals surface area contributed by atoms with Gasteiger partial charge in [0.15, 0.2) is 0 Å². The second kappa shape index (κ2) is 15.7. The van der Waals surface area contributed by atoms with E-state index in [2.05, 4.69) is 48.2 Å². The predicted molar refractivity (Wildman–Crippen MR) is 122 cm³/mol. The number of piperidine rings is 1. The minimum atomic E-state index is 0.793. The molecule has 2 aromatic carbocycles. The Kier molecular flexibility index (Phi) is 13.8. The number of benzene rings is 2. The van der Waals surface area contributed by atoms with E-state index in [0.29, 0.717) is 0 Å². The number of rotatable bonds is 6. The zero-order valence-corrected chi connectivity index (χ0v) is 18.3. The van der Waals surface area contributed by atoms with Gasteiger partial charge in [-0.1, -0.05) is 94.1 Å². The van der Waals surface area contributed by atoms with Crippen LogP contribution in [0.15, 0.2) is 54.6 Å². The summed E-state index contributed by atoms with van der Waals surface area (Å²) in [5.74, 6) is 0. The van der Waals surface area contributed by atoms with Gasteiger partial charge >= 0.3 is 0 Å². The van der Waals surface area contributed by atoms with Gasteiger partial charge in [-0.15, -0.1) is 0 Å². The summed E-state index contributed by atoms with van der Waals surface area (Å²) in [5, 5.41) is 0.793. The second-order valence-corrected chi connectivity index (χ2v) is 7.33. The molecule has 150 valence electrons. The largest absolute Gasteiger partial charge is 0.303 e. The van der Waals surface area contributed by atoms with Gasteiger partial charge in [0.05, 0.1) is 0 Å². The van der Waals surface area contributed by atoms with Crippen LogP contribution >= 0.6 is 11.6 Å². The van der Waals surface area contributed by atoms with Crippen LogP contribution in [0.2, 0.25) is 5.02 Å². The summed E-state index contributed by atoms with van der Waals surface area (Å²) in [4.78, 5) is 2.62. The van der Waals surface area contributed by atoms with Crippen molar-refractivity contribution in [2.75, 3.05) is 19.6 Å². The van der Waals surface area contributed by atoms with E-state index in [9.17, 15) is 0 Å². The Hall–Kier alpha value is -1.31. The maximum Gasteiger partial charge on any atom is 0.0406 e. The maximum absolute atomic E-state index is 5.81. The van der Waals surface area contributed by atoms with Crippen molar-refractivity contribution in [2.24, 2.45) is 0 Å². The highest BCUT2D eigenvalue weighted by molar-refractivity contribution is 6.30. The third kappa shape index (κ3) is 11.2. The van der Waals surface area contributed by atoms with Crippen LogP contribution in [-0.4, -0.2) is 24.5 Å². The molecule has 3 rings (SSSR count). The summed E-state index contributed by atoms with van der Waals surface area (Å²) in [6, 6.07) is 18.4. The molecule has 0 N–H and O–H groups in total. The first kappa shape index (κ1) is 23.7. The number of hydrogen-bond donors (Lipinski definition) is 0. The molecule has 27 heavy (non-hydrogen) atoms. The fourth-order valence-corrected chi connectivity index (χ4v) is 3.33. The number of unbranched alkanes of at least 4 members (excludes halogenated alkanes) is 2. The molecule has 1 nitrogen and oxygen atoms in total. The number of halogens is 1. The summed E-state index contributed by atoms with van der Waals surface area (Å²) < 4.78 is 0. The average molecular weight is 388 g/mol. The quantitative estimate of drug-likeness (QED) is 0.460. The summed E-state index contributed by atoms with van der Waals surface area (Å²) in [6.45, 7) is 10.4. The molecular formula is C25H38ClN. The molecule has 0 saturated carbocycles. The Bertz CT molecular complexity index is 559. The van der Waals surface area contributed by atoms with Crippen LogP contribution in [0.3, 0.4) is 0 Å². The van der Waals surface area contributed by atoms with E-state index in [4.69, 9.17) is 11.6 Å². The molecular weight excluding hydrogens is 350 g/mol. The molecule has 2 aromatic rings. The monoisotopic (exact) mass is 387 g/mol. The van der Waals surface area contributed by atoms with E-state index in [-0.39, 0.29) is 0 Å². The van der Waals surface area contributed by atoms with Gasteiger partial charge in [-0.2, -0.15) is 0 Å². The lowest BCUT2D eigenvalue weighted by molar-refractivity contribution is 0.224. The van der Waals surface area contributed by atoms with Crippen molar-refractivity contribution in [1.29, 1.82) is 0 Å². The molecule has 1 saturated heterocycles. The highest BCUT2D eigenvalue weighted by Crippen LogP contribution is 2.13. The topological polar surface area (TPSA) is 3.24 Å². The highest BCUT2D eigenvalue weighted by Gasteiger charge is 2.08. The molecule has 1 aliphatic rings. The molecule has 0 aliphatic carbocycles. The zero-order chi connectivity index (χ0) is 19.7. The summed E-state index contributed by atoms with van der Waals surface area (Å²) in [5.41, 5.74) is 2.62. The summed E-state index contributed by atoms with van der Waals surface area (Å²) >= 11 is 5.81. The van der Waals surface area contributed by atoms with Crippen LogP contribution in [0.4, 0.5) is 0 Å². The van der Waals surface area contributed by atoms with Crippen molar-refractivity contribution < 1.29 is 0 Å². The molecule has 0 unspecified atom stereocenters. The Labute approximate surface area is 172 Å². The Morgan fingerprint density at radius 1 is 0.778 bits per heavy atom. The SMILES string of the molecule is CC.CCCCCN1CCCCC1.Clc1ccc(Cc2ccccc2)cc1. The Morgan fingerprint density at radius 3 is 1.96 bits per heavy atom. The van der Waals surface area contributed by atoms with Crippen LogP contribution in [0.25, 0.3) is 0 Å². The molecule has 0 atom stereocenters. The minimum Gasteiger partial charge on any atom is -0.303 e. The fourth-order valence-electron chi connectivity index (χ4n) is 3.20.